The summed E-state index contributed by atoms with van der Waals surface area (Å²) in [4.78, 5) is 23.7. The lowest BCUT2D eigenvalue weighted by molar-refractivity contribution is -0.385. The van der Waals surface area contributed by atoms with Gasteiger partial charge in [-0.05, 0) is 19.1 Å². The van der Waals surface area contributed by atoms with Crippen molar-refractivity contribution in [2.45, 2.75) is 13.0 Å². The number of carbonyl (C=O) groups is 1. The van der Waals surface area contributed by atoms with Crippen LogP contribution in [0.3, 0.4) is 0 Å². The lowest BCUT2D eigenvalue weighted by Crippen LogP contribution is -2.37. The van der Waals surface area contributed by atoms with Gasteiger partial charge in [-0.25, -0.2) is 0 Å². The summed E-state index contributed by atoms with van der Waals surface area (Å²) in [6.07, 6.45) is 0. The summed E-state index contributed by atoms with van der Waals surface area (Å²) in [5.41, 5.74) is 2.33. The predicted octanol–water partition coefficient (Wildman–Crippen LogP) is 0.333. The number of hydrogen-bond acceptors (Lipinski definition) is 6. The van der Waals surface area contributed by atoms with Gasteiger partial charge in [0.05, 0.1) is 17.6 Å². The molecule has 0 spiro atoms. The lowest BCUT2D eigenvalue weighted by atomic mass is 10.1. The minimum absolute atomic E-state index is 0.0803. The van der Waals surface area contributed by atoms with Crippen LogP contribution in [0.15, 0.2) is 18.2 Å². The average Bonchev–Trinajstić information content (AvgIpc) is 2.43. The SMILES string of the molecule is CC(CO)N(C)C(=O)c1cc(NN)ccc1[N+](=O)[O-]. The normalized spacial score (nSPS) is 11.8. The van der Waals surface area contributed by atoms with Crippen molar-refractivity contribution in [3.05, 3.63) is 33.9 Å². The number of nitrogens with one attached hydrogen (secondary N) is 1. The molecule has 1 unspecified atom stereocenters. The number of anilines is 1. The fourth-order valence-corrected chi connectivity index (χ4v) is 1.47. The van der Waals surface area contributed by atoms with Gasteiger partial charge in [-0.2, -0.15) is 0 Å². The Hall–Kier alpha value is -2.19. The molecule has 1 amide bonds. The number of benzene rings is 1. The number of hydrogen-bond donors (Lipinski definition) is 3. The zero-order chi connectivity index (χ0) is 14.6. The second-order valence-corrected chi connectivity index (χ2v) is 4.08. The molecular formula is C11H16N4O4. The van der Waals surface area contributed by atoms with Gasteiger partial charge in [-0.1, -0.05) is 0 Å². The number of aliphatic hydroxyl groups excluding tert-OH is 1. The molecule has 8 heteroatoms. The Kier molecular flexibility index (Phi) is 4.79. The first-order valence-corrected chi connectivity index (χ1v) is 5.55. The molecule has 1 aromatic rings. The number of nitro groups is 1. The van der Waals surface area contributed by atoms with Crippen molar-refractivity contribution in [1.82, 2.24) is 4.90 Å². The van der Waals surface area contributed by atoms with Crippen LogP contribution in [-0.4, -0.2) is 40.5 Å². The largest absolute Gasteiger partial charge is 0.394 e. The molecular weight excluding hydrogens is 252 g/mol. The number of carbonyl (C=O) groups excluding carboxylic acids is 1. The molecule has 0 bridgehead atoms. The quantitative estimate of drug-likeness (QED) is 0.402. The van der Waals surface area contributed by atoms with E-state index in [1.54, 1.807) is 6.92 Å². The Labute approximate surface area is 109 Å². The summed E-state index contributed by atoms with van der Waals surface area (Å²) < 4.78 is 0. The second-order valence-electron chi connectivity index (χ2n) is 4.08. The Balaban J connectivity index is 3.23. The molecule has 0 aliphatic carbocycles. The molecule has 19 heavy (non-hydrogen) atoms. The van der Waals surface area contributed by atoms with Crippen LogP contribution in [0.25, 0.3) is 0 Å². The molecule has 1 rings (SSSR count). The maximum atomic E-state index is 12.2. The van der Waals surface area contributed by atoms with Gasteiger partial charge >= 0.3 is 0 Å². The Morgan fingerprint density at radius 1 is 1.63 bits per heavy atom. The molecule has 0 heterocycles. The third kappa shape index (κ3) is 3.18. The molecule has 104 valence electrons. The lowest BCUT2D eigenvalue weighted by Gasteiger charge is -2.23. The second kappa shape index (κ2) is 6.12. The predicted molar refractivity (Wildman–Crippen MR) is 69.5 cm³/mol. The van der Waals surface area contributed by atoms with Crippen LogP contribution >= 0.6 is 0 Å². The van der Waals surface area contributed by atoms with Gasteiger partial charge in [0, 0.05) is 18.8 Å². The number of rotatable bonds is 5. The van der Waals surface area contributed by atoms with Crippen LogP contribution in [-0.2, 0) is 0 Å². The van der Waals surface area contributed by atoms with Crippen molar-refractivity contribution < 1.29 is 14.8 Å². The van der Waals surface area contributed by atoms with Crippen LogP contribution in [0.1, 0.15) is 17.3 Å². The Morgan fingerprint density at radius 2 is 2.26 bits per heavy atom. The summed E-state index contributed by atoms with van der Waals surface area (Å²) in [6, 6.07) is 3.48. The summed E-state index contributed by atoms with van der Waals surface area (Å²) in [5.74, 6) is 4.67. The first-order chi connectivity index (χ1) is 8.92. The zero-order valence-electron chi connectivity index (χ0n) is 10.7. The number of aliphatic hydroxyl groups is 1. The number of nitrogens with two attached hydrogens (primary N) is 1. The summed E-state index contributed by atoms with van der Waals surface area (Å²) >= 11 is 0. The van der Waals surface area contributed by atoms with E-state index in [2.05, 4.69) is 5.43 Å². The van der Waals surface area contributed by atoms with E-state index in [0.717, 1.165) is 0 Å². The van der Waals surface area contributed by atoms with E-state index in [9.17, 15) is 14.9 Å². The van der Waals surface area contributed by atoms with Gasteiger partial charge in [0.2, 0.25) is 0 Å². The van der Waals surface area contributed by atoms with Gasteiger partial charge in [-0.15, -0.1) is 0 Å². The van der Waals surface area contributed by atoms with Crippen LogP contribution in [0, 0.1) is 10.1 Å². The van der Waals surface area contributed by atoms with Crippen LogP contribution in [0.5, 0.6) is 0 Å². The Morgan fingerprint density at radius 3 is 2.74 bits per heavy atom. The van der Waals surface area contributed by atoms with Crippen LogP contribution in [0.2, 0.25) is 0 Å². The third-order valence-electron chi connectivity index (χ3n) is 2.84. The van der Waals surface area contributed by atoms with Crippen molar-refractivity contribution in [2.75, 3.05) is 19.1 Å². The molecule has 0 saturated carbocycles. The molecule has 0 aliphatic rings. The van der Waals surface area contributed by atoms with Crippen molar-refractivity contribution in [2.24, 2.45) is 5.84 Å². The maximum absolute atomic E-state index is 12.2. The first kappa shape index (κ1) is 14.9. The summed E-state index contributed by atoms with van der Waals surface area (Å²) in [7, 11) is 1.47. The maximum Gasteiger partial charge on any atom is 0.282 e. The Bertz CT molecular complexity index is 492. The molecule has 4 N–H and O–H groups in total. The van der Waals surface area contributed by atoms with E-state index in [0.29, 0.717) is 5.69 Å². The molecule has 8 nitrogen and oxygen atoms in total. The van der Waals surface area contributed by atoms with E-state index in [1.807, 2.05) is 0 Å². The van der Waals surface area contributed by atoms with E-state index >= 15 is 0 Å². The van der Waals surface area contributed by atoms with Crippen LogP contribution in [0.4, 0.5) is 11.4 Å². The fraction of sp³-hybridized carbons (Fsp3) is 0.364. The van der Waals surface area contributed by atoms with Crippen molar-refractivity contribution in [1.29, 1.82) is 0 Å². The monoisotopic (exact) mass is 268 g/mol. The number of nitrogen functional groups attached to an aromatic ring is 1. The zero-order valence-corrected chi connectivity index (χ0v) is 10.7. The molecule has 0 aromatic heterocycles. The number of amides is 1. The van der Waals surface area contributed by atoms with Crippen LogP contribution < -0.4 is 11.3 Å². The minimum atomic E-state index is -0.634. The standard InChI is InChI=1S/C11H16N4O4/c1-7(6-16)14(2)11(17)9-5-8(13-12)3-4-10(9)15(18)19/h3-5,7,13,16H,6,12H2,1-2H3. The molecule has 0 aliphatic heterocycles. The molecule has 1 aromatic carbocycles. The number of nitro benzene ring substituents is 1. The van der Waals surface area contributed by atoms with Crippen molar-refractivity contribution in [3.63, 3.8) is 0 Å². The molecule has 0 saturated heterocycles. The topological polar surface area (TPSA) is 122 Å². The molecule has 0 fully saturated rings. The first-order valence-electron chi connectivity index (χ1n) is 5.55. The van der Waals surface area contributed by atoms with E-state index < -0.39 is 16.9 Å². The van der Waals surface area contributed by atoms with Gasteiger partial charge in [0.25, 0.3) is 11.6 Å². The number of likely N-dealkylation sites (N-methyl/N-ethyl adjacent to an activating group) is 1. The van der Waals surface area contributed by atoms with Crippen molar-refractivity contribution >= 4 is 17.3 Å². The van der Waals surface area contributed by atoms with Crippen molar-refractivity contribution in [3.8, 4) is 0 Å². The highest BCUT2D eigenvalue weighted by Crippen LogP contribution is 2.24. The molecule has 1 atom stereocenters. The van der Waals surface area contributed by atoms with E-state index in [-0.39, 0.29) is 17.9 Å². The van der Waals surface area contributed by atoms with Gasteiger partial charge in [-0.3, -0.25) is 20.8 Å². The summed E-state index contributed by atoms with van der Waals surface area (Å²) in [6.45, 7) is 1.40. The highest BCUT2D eigenvalue weighted by molar-refractivity contribution is 5.99. The van der Waals surface area contributed by atoms with E-state index in [4.69, 9.17) is 10.9 Å². The number of hydrazine groups is 1. The molecule has 0 radical (unpaired) electrons. The van der Waals surface area contributed by atoms with Gasteiger partial charge in [0.1, 0.15) is 5.56 Å². The highest BCUT2D eigenvalue weighted by Gasteiger charge is 2.25. The van der Waals surface area contributed by atoms with Gasteiger partial charge < -0.3 is 15.4 Å². The third-order valence-corrected chi connectivity index (χ3v) is 2.84. The highest BCUT2D eigenvalue weighted by atomic mass is 16.6. The minimum Gasteiger partial charge on any atom is -0.394 e. The smallest absolute Gasteiger partial charge is 0.282 e. The number of nitrogens with zero attached hydrogens (tertiary/aromatic N) is 2. The fourth-order valence-electron chi connectivity index (χ4n) is 1.47. The van der Waals surface area contributed by atoms with E-state index in [1.165, 1.54) is 30.1 Å². The van der Waals surface area contributed by atoms with Gasteiger partial charge in [0.15, 0.2) is 0 Å². The average molecular weight is 268 g/mol. The summed E-state index contributed by atoms with van der Waals surface area (Å²) in [5, 5.41) is 19.9.